The Kier molecular flexibility index (Phi) is 2.37. The van der Waals surface area contributed by atoms with Gasteiger partial charge < -0.3 is 16.5 Å². The first-order valence-corrected chi connectivity index (χ1v) is 5.66. The number of aromatic amines is 1. The lowest BCUT2D eigenvalue weighted by Gasteiger charge is -1.98. The molecular formula is C13H13N5. The van der Waals surface area contributed by atoms with E-state index in [2.05, 4.69) is 15.0 Å². The summed E-state index contributed by atoms with van der Waals surface area (Å²) in [6.07, 6.45) is 0.719. The molecule has 1 aromatic carbocycles. The van der Waals surface area contributed by atoms with E-state index < -0.39 is 0 Å². The molecule has 0 atom stereocenters. The standard InChI is InChI=1S/C13H13N5/c14-9-3-1-8(2-4-9)7-12-16-10-5-6-11(15)17-13(10)18-12/h1-6H,7,14H2,(H3,15,16,17,18). The highest BCUT2D eigenvalue weighted by Gasteiger charge is 2.05. The Morgan fingerprint density at radius 3 is 2.50 bits per heavy atom. The maximum atomic E-state index is 5.65. The van der Waals surface area contributed by atoms with Crippen LogP contribution < -0.4 is 11.5 Å². The summed E-state index contributed by atoms with van der Waals surface area (Å²) in [7, 11) is 0. The molecular weight excluding hydrogens is 226 g/mol. The highest BCUT2D eigenvalue weighted by molar-refractivity contribution is 5.72. The number of benzene rings is 1. The van der Waals surface area contributed by atoms with Crippen LogP contribution in [-0.4, -0.2) is 15.0 Å². The van der Waals surface area contributed by atoms with E-state index in [-0.39, 0.29) is 0 Å². The number of anilines is 2. The van der Waals surface area contributed by atoms with Gasteiger partial charge in [-0.3, -0.25) is 0 Å². The highest BCUT2D eigenvalue weighted by atomic mass is 15.0. The van der Waals surface area contributed by atoms with E-state index >= 15 is 0 Å². The van der Waals surface area contributed by atoms with Crippen molar-refractivity contribution in [3.05, 3.63) is 47.8 Å². The number of pyridine rings is 1. The normalized spacial score (nSPS) is 10.9. The Morgan fingerprint density at radius 2 is 1.72 bits per heavy atom. The van der Waals surface area contributed by atoms with Gasteiger partial charge >= 0.3 is 0 Å². The Balaban J connectivity index is 1.92. The maximum Gasteiger partial charge on any atom is 0.179 e. The zero-order valence-electron chi connectivity index (χ0n) is 9.72. The van der Waals surface area contributed by atoms with Gasteiger partial charge in [0.05, 0.1) is 5.52 Å². The molecule has 0 aliphatic carbocycles. The Hall–Kier alpha value is -2.56. The molecule has 0 bridgehead atoms. The Labute approximate surface area is 104 Å². The van der Waals surface area contributed by atoms with Crippen LogP contribution in [0.4, 0.5) is 11.5 Å². The zero-order chi connectivity index (χ0) is 12.5. The second-order valence-corrected chi connectivity index (χ2v) is 4.21. The SMILES string of the molecule is Nc1ccc(Cc2nc3nc(N)ccc3[nH]2)cc1. The smallest absolute Gasteiger partial charge is 0.179 e. The summed E-state index contributed by atoms with van der Waals surface area (Å²) in [5.74, 6) is 1.35. The molecule has 0 aliphatic heterocycles. The minimum atomic E-state index is 0.480. The molecule has 5 N–H and O–H groups in total. The van der Waals surface area contributed by atoms with Gasteiger partial charge in [0.15, 0.2) is 5.65 Å². The van der Waals surface area contributed by atoms with Gasteiger partial charge in [-0.1, -0.05) is 12.1 Å². The summed E-state index contributed by atoms with van der Waals surface area (Å²) < 4.78 is 0. The van der Waals surface area contributed by atoms with Gasteiger partial charge in [0.25, 0.3) is 0 Å². The summed E-state index contributed by atoms with van der Waals surface area (Å²) in [5.41, 5.74) is 14.7. The molecule has 0 radical (unpaired) electrons. The third-order valence-electron chi connectivity index (χ3n) is 2.77. The third kappa shape index (κ3) is 1.98. The van der Waals surface area contributed by atoms with Gasteiger partial charge in [-0.15, -0.1) is 0 Å². The van der Waals surface area contributed by atoms with E-state index in [1.165, 1.54) is 0 Å². The second kappa shape index (κ2) is 4.03. The molecule has 3 rings (SSSR count). The van der Waals surface area contributed by atoms with Gasteiger partial charge in [0.2, 0.25) is 0 Å². The van der Waals surface area contributed by atoms with E-state index in [1.807, 2.05) is 30.3 Å². The lowest BCUT2D eigenvalue weighted by molar-refractivity contribution is 1.04. The van der Waals surface area contributed by atoms with Crippen LogP contribution in [0.5, 0.6) is 0 Å². The number of hydrogen-bond donors (Lipinski definition) is 3. The predicted molar refractivity (Wildman–Crippen MR) is 72.0 cm³/mol. The molecule has 2 heterocycles. The minimum Gasteiger partial charge on any atom is -0.399 e. The van der Waals surface area contributed by atoms with Gasteiger partial charge in [-0.2, -0.15) is 0 Å². The minimum absolute atomic E-state index is 0.480. The van der Waals surface area contributed by atoms with Crippen molar-refractivity contribution < 1.29 is 0 Å². The van der Waals surface area contributed by atoms with Gasteiger partial charge in [0, 0.05) is 12.1 Å². The molecule has 0 aliphatic rings. The number of nitrogens with one attached hydrogen (secondary N) is 1. The average Bonchev–Trinajstić information content (AvgIpc) is 2.73. The second-order valence-electron chi connectivity index (χ2n) is 4.21. The van der Waals surface area contributed by atoms with Gasteiger partial charge in [-0.25, -0.2) is 9.97 Å². The van der Waals surface area contributed by atoms with Crippen LogP contribution in [0.3, 0.4) is 0 Å². The molecule has 5 nitrogen and oxygen atoms in total. The largest absolute Gasteiger partial charge is 0.399 e. The summed E-state index contributed by atoms with van der Waals surface area (Å²) in [5, 5.41) is 0. The molecule has 18 heavy (non-hydrogen) atoms. The van der Waals surface area contributed by atoms with Crippen molar-refractivity contribution in [2.75, 3.05) is 11.5 Å². The molecule has 0 fully saturated rings. The van der Waals surface area contributed by atoms with Crippen LogP contribution in [-0.2, 0) is 6.42 Å². The molecule has 0 amide bonds. The number of H-pyrrole nitrogens is 1. The molecule has 2 aromatic heterocycles. The number of nitrogens with two attached hydrogens (primary N) is 2. The van der Waals surface area contributed by atoms with E-state index in [0.717, 1.165) is 29.0 Å². The fourth-order valence-electron chi connectivity index (χ4n) is 1.87. The van der Waals surface area contributed by atoms with Crippen molar-refractivity contribution in [2.24, 2.45) is 0 Å². The number of imidazole rings is 1. The number of fused-ring (bicyclic) bond motifs is 1. The van der Waals surface area contributed by atoms with Gasteiger partial charge in [-0.05, 0) is 29.8 Å². The van der Waals surface area contributed by atoms with E-state index in [4.69, 9.17) is 11.5 Å². The lowest BCUT2D eigenvalue weighted by Crippen LogP contribution is -1.92. The van der Waals surface area contributed by atoms with Crippen molar-refractivity contribution in [1.29, 1.82) is 0 Å². The topological polar surface area (TPSA) is 93.6 Å². The number of aromatic nitrogens is 3. The summed E-state index contributed by atoms with van der Waals surface area (Å²) in [6, 6.07) is 11.4. The summed E-state index contributed by atoms with van der Waals surface area (Å²) >= 11 is 0. The molecule has 0 saturated heterocycles. The molecule has 3 aromatic rings. The highest BCUT2D eigenvalue weighted by Crippen LogP contribution is 2.14. The fraction of sp³-hybridized carbons (Fsp3) is 0.0769. The summed E-state index contributed by atoms with van der Waals surface area (Å²) in [4.78, 5) is 11.8. The Morgan fingerprint density at radius 1 is 0.944 bits per heavy atom. The quantitative estimate of drug-likeness (QED) is 0.593. The first-order chi connectivity index (χ1) is 8.70. The number of nitrogens with zero attached hydrogens (tertiary/aromatic N) is 2. The lowest BCUT2D eigenvalue weighted by atomic mass is 10.1. The zero-order valence-corrected chi connectivity index (χ0v) is 9.72. The number of rotatable bonds is 2. The molecule has 90 valence electrons. The Bertz CT molecular complexity index is 684. The third-order valence-corrected chi connectivity index (χ3v) is 2.77. The van der Waals surface area contributed by atoms with Crippen molar-refractivity contribution in [3.8, 4) is 0 Å². The van der Waals surface area contributed by atoms with Crippen molar-refractivity contribution >= 4 is 22.7 Å². The van der Waals surface area contributed by atoms with Crippen LogP contribution >= 0.6 is 0 Å². The van der Waals surface area contributed by atoms with Crippen LogP contribution in [0.1, 0.15) is 11.4 Å². The fourth-order valence-corrected chi connectivity index (χ4v) is 1.87. The van der Waals surface area contributed by atoms with Crippen LogP contribution in [0.2, 0.25) is 0 Å². The first kappa shape index (κ1) is 10.6. The number of nitrogen functional groups attached to an aromatic ring is 2. The first-order valence-electron chi connectivity index (χ1n) is 5.66. The van der Waals surface area contributed by atoms with Crippen LogP contribution in [0.15, 0.2) is 36.4 Å². The van der Waals surface area contributed by atoms with Crippen molar-refractivity contribution in [3.63, 3.8) is 0 Å². The van der Waals surface area contributed by atoms with Crippen LogP contribution in [0, 0.1) is 0 Å². The van der Waals surface area contributed by atoms with E-state index in [9.17, 15) is 0 Å². The monoisotopic (exact) mass is 239 g/mol. The van der Waals surface area contributed by atoms with Crippen molar-refractivity contribution in [2.45, 2.75) is 6.42 Å². The number of hydrogen-bond acceptors (Lipinski definition) is 4. The van der Waals surface area contributed by atoms with Gasteiger partial charge in [0.1, 0.15) is 11.6 Å². The molecule has 0 saturated carbocycles. The molecule has 5 heteroatoms. The predicted octanol–water partition coefficient (Wildman–Crippen LogP) is 1.71. The van der Waals surface area contributed by atoms with Crippen LogP contribution in [0.25, 0.3) is 11.2 Å². The maximum absolute atomic E-state index is 5.65. The summed E-state index contributed by atoms with van der Waals surface area (Å²) in [6.45, 7) is 0. The molecule has 0 spiro atoms. The van der Waals surface area contributed by atoms with E-state index in [1.54, 1.807) is 6.07 Å². The molecule has 0 unspecified atom stereocenters. The van der Waals surface area contributed by atoms with Crippen molar-refractivity contribution in [1.82, 2.24) is 15.0 Å². The average molecular weight is 239 g/mol. The van der Waals surface area contributed by atoms with E-state index in [0.29, 0.717) is 11.5 Å².